The molecule has 144 valence electrons. The number of nitriles is 1. The SMILES string of the molecule is N#Cc1ccc(NC(=O)c2cccc(C(=O)Nc3ccc(F)c(F)c3F)c2)cc1. The Morgan fingerprint density at radius 2 is 1.41 bits per heavy atom. The van der Waals surface area contributed by atoms with E-state index in [1.807, 2.05) is 6.07 Å². The van der Waals surface area contributed by atoms with Gasteiger partial charge in [0, 0.05) is 16.8 Å². The Bertz CT molecular complexity index is 1140. The highest BCUT2D eigenvalue weighted by Gasteiger charge is 2.17. The number of amides is 2. The molecular weight excluding hydrogens is 383 g/mol. The molecule has 0 saturated heterocycles. The van der Waals surface area contributed by atoms with Crippen LogP contribution in [0, 0.1) is 28.8 Å². The summed E-state index contributed by atoms with van der Waals surface area (Å²) in [5, 5.41) is 13.5. The molecule has 5 nitrogen and oxygen atoms in total. The van der Waals surface area contributed by atoms with Crippen molar-refractivity contribution in [3.05, 3.63) is 94.8 Å². The van der Waals surface area contributed by atoms with Gasteiger partial charge in [0.25, 0.3) is 11.8 Å². The zero-order valence-corrected chi connectivity index (χ0v) is 14.7. The van der Waals surface area contributed by atoms with Crippen molar-refractivity contribution < 1.29 is 22.8 Å². The fraction of sp³-hybridized carbons (Fsp3) is 0. The highest BCUT2D eigenvalue weighted by Crippen LogP contribution is 2.20. The quantitative estimate of drug-likeness (QED) is 0.639. The Balaban J connectivity index is 1.76. The van der Waals surface area contributed by atoms with Gasteiger partial charge in [-0.25, -0.2) is 13.2 Å². The maximum atomic E-state index is 13.7. The third-order valence-corrected chi connectivity index (χ3v) is 3.94. The Morgan fingerprint density at radius 3 is 2.03 bits per heavy atom. The molecule has 0 aromatic heterocycles. The standard InChI is InChI=1S/C21H12F3N3O2/c22-16-8-9-17(19(24)18(16)23)27-21(29)14-3-1-2-13(10-14)20(28)26-15-6-4-12(11-25)5-7-15/h1-10H,(H,26,28)(H,27,29). The van der Waals surface area contributed by atoms with E-state index in [1.165, 1.54) is 36.4 Å². The highest BCUT2D eigenvalue weighted by molar-refractivity contribution is 6.08. The summed E-state index contributed by atoms with van der Waals surface area (Å²) in [6, 6.07) is 15.3. The molecule has 3 rings (SSSR count). The lowest BCUT2D eigenvalue weighted by molar-refractivity contribution is 0.102. The van der Waals surface area contributed by atoms with E-state index in [9.17, 15) is 22.8 Å². The summed E-state index contributed by atoms with van der Waals surface area (Å²) >= 11 is 0. The molecule has 0 heterocycles. The van der Waals surface area contributed by atoms with Crippen molar-refractivity contribution in [2.45, 2.75) is 0 Å². The summed E-state index contributed by atoms with van der Waals surface area (Å²) in [6.45, 7) is 0. The molecule has 0 spiro atoms. The highest BCUT2D eigenvalue weighted by atomic mass is 19.2. The molecule has 0 atom stereocenters. The number of carbonyl (C=O) groups excluding carboxylic acids is 2. The van der Waals surface area contributed by atoms with Gasteiger partial charge in [-0.3, -0.25) is 9.59 Å². The smallest absolute Gasteiger partial charge is 0.255 e. The van der Waals surface area contributed by atoms with Gasteiger partial charge in [-0.2, -0.15) is 5.26 Å². The molecule has 3 aromatic rings. The predicted molar refractivity (Wildman–Crippen MR) is 99.8 cm³/mol. The number of nitrogens with one attached hydrogen (secondary N) is 2. The van der Waals surface area contributed by atoms with E-state index in [0.717, 1.165) is 6.07 Å². The third-order valence-electron chi connectivity index (χ3n) is 3.94. The first-order valence-corrected chi connectivity index (χ1v) is 8.25. The van der Waals surface area contributed by atoms with Crippen LogP contribution in [0.5, 0.6) is 0 Å². The van der Waals surface area contributed by atoms with Gasteiger partial charge in [-0.1, -0.05) is 6.07 Å². The van der Waals surface area contributed by atoms with E-state index in [2.05, 4.69) is 10.6 Å². The van der Waals surface area contributed by atoms with Crippen molar-refractivity contribution in [2.24, 2.45) is 0 Å². The zero-order chi connectivity index (χ0) is 21.0. The van der Waals surface area contributed by atoms with Crippen LogP contribution in [-0.4, -0.2) is 11.8 Å². The van der Waals surface area contributed by atoms with Crippen LogP contribution in [0.1, 0.15) is 26.3 Å². The molecule has 0 unspecified atom stereocenters. The summed E-state index contributed by atoms with van der Waals surface area (Å²) in [5.74, 6) is -5.90. The summed E-state index contributed by atoms with van der Waals surface area (Å²) in [6.07, 6.45) is 0. The van der Waals surface area contributed by atoms with Gasteiger partial charge >= 0.3 is 0 Å². The second-order valence-corrected chi connectivity index (χ2v) is 5.90. The van der Waals surface area contributed by atoms with E-state index in [4.69, 9.17) is 5.26 Å². The first-order chi connectivity index (χ1) is 13.9. The summed E-state index contributed by atoms with van der Waals surface area (Å²) < 4.78 is 40.0. The summed E-state index contributed by atoms with van der Waals surface area (Å²) in [4.78, 5) is 24.7. The van der Waals surface area contributed by atoms with Gasteiger partial charge in [0.15, 0.2) is 17.5 Å². The van der Waals surface area contributed by atoms with Crippen molar-refractivity contribution in [2.75, 3.05) is 10.6 Å². The lowest BCUT2D eigenvalue weighted by atomic mass is 10.1. The Kier molecular flexibility index (Phi) is 5.60. The van der Waals surface area contributed by atoms with Crippen LogP contribution in [0.2, 0.25) is 0 Å². The van der Waals surface area contributed by atoms with E-state index < -0.39 is 35.0 Å². The molecule has 0 fully saturated rings. The number of hydrogen-bond acceptors (Lipinski definition) is 3. The lowest BCUT2D eigenvalue weighted by Gasteiger charge is -2.09. The van der Waals surface area contributed by atoms with Crippen LogP contribution in [0.3, 0.4) is 0 Å². The number of carbonyl (C=O) groups is 2. The van der Waals surface area contributed by atoms with Gasteiger partial charge in [-0.05, 0) is 54.6 Å². The molecule has 0 saturated carbocycles. The molecule has 2 N–H and O–H groups in total. The largest absolute Gasteiger partial charge is 0.322 e. The number of rotatable bonds is 4. The fourth-order valence-electron chi connectivity index (χ4n) is 2.45. The normalized spacial score (nSPS) is 10.1. The van der Waals surface area contributed by atoms with Crippen molar-refractivity contribution >= 4 is 23.2 Å². The van der Waals surface area contributed by atoms with Crippen molar-refractivity contribution in [1.29, 1.82) is 5.26 Å². The minimum absolute atomic E-state index is 0.0154. The van der Waals surface area contributed by atoms with Crippen LogP contribution in [-0.2, 0) is 0 Å². The van der Waals surface area contributed by atoms with Gasteiger partial charge in [0.05, 0.1) is 17.3 Å². The Labute approximate surface area is 163 Å². The minimum atomic E-state index is -1.70. The molecule has 8 heteroatoms. The second-order valence-electron chi connectivity index (χ2n) is 5.90. The number of halogens is 3. The van der Waals surface area contributed by atoms with Crippen molar-refractivity contribution in [1.82, 2.24) is 0 Å². The molecule has 0 aliphatic carbocycles. The molecule has 3 aromatic carbocycles. The predicted octanol–water partition coefficient (Wildman–Crippen LogP) is 4.48. The van der Waals surface area contributed by atoms with Gasteiger partial charge < -0.3 is 10.6 Å². The first kappa shape index (κ1) is 19.6. The fourth-order valence-corrected chi connectivity index (χ4v) is 2.45. The second kappa shape index (κ2) is 8.27. The Hall–Kier alpha value is -4.12. The molecule has 0 bridgehead atoms. The first-order valence-electron chi connectivity index (χ1n) is 8.25. The lowest BCUT2D eigenvalue weighted by Crippen LogP contribution is -2.16. The number of hydrogen-bond donors (Lipinski definition) is 2. The zero-order valence-electron chi connectivity index (χ0n) is 14.7. The molecular formula is C21H12F3N3O2. The van der Waals surface area contributed by atoms with Gasteiger partial charge in [-0.15, -0.1) is 0 Å². The molecule has 0 aliphatic rings. The van der Waals surface area contributed by atoms with Crippen molar-refractivity contribution in [3.8, 4) is 6.07 Å². The molecule has 0 radical (unpaired) electrons. The van der Waals surface area contributed by atoms with Crippen LogP contribution < -0.4 is 10.6 Å². The maximum absolute atomic E-state index is 13.7. The minimum Gasteiger partial charge on any atom is -0.322 e. The van der Waals surface area contributed by atoms with Crippen LogP contribution in [0.25, 0.3) is 0 Å². The Morgan fingerprint density at radius 1 is 0.793 bits per heavy atom. The van der Waals surface area contributed by atoms with Gasteiger partial charge in [0.2, 0.25) is 0 Å². The average molecular weight is 395 g/mol. The van der Waals surface area contributed by atoms with E-state index in [0.29, 0.717) is 17.3 Å². The average Bonchev–Trinajstić information content (AvgIpc) is 2.74. The van der Waals surface area contributed by atoms with E-state index in [1.54, 1.807) is 12.1 Å². The molecule has 29 heavy (non-hydrogen) atoms. The number of anilines is 2. The van der Waals surface area contributed by atoms with Crippen LogP contribution >= 0.6 is 0 Å². The van der Waals surface area contributed by atoms with Crippen LogP contribution in [0.15, 0.2) is 60.7 Å². The monoisotopic (exact) mass is 395 g/mol. The topological polar surface area (TPSA) is 82.0 Å². The van der Waals surface area contributed by atoms with Gasteiger partial charge in [0.1, 0.15) is 0 Å². The summed E-state index contributed by atoms with van der Waals surface area (Å²) in [7, 11) is 0. The molecule has 2 amide bonds. The number of nitrogens with zero attached hydrogens (tertiary/aromatic N) is 1. The summed E-state index contributed by atoms with van der Waals surface area (Å²) in [5.41, 5.74) is 0.523. The molecule has 0 aliphatic heterocycles. The number of benzene rings is 3. The van der Waals surface area contributed by atoms with Crippen LogP contribution in [0.4, 0.5) is 24.5 Å². The van der Waals surface area contributed by atoms with E-state index >= 15 is 0 Å². The third kappa shape index (κ3) is 4.42. The van der Waals surface area contributed by atoms with E-state index in [-0.39, 0.29) is 11.1 Å². The maximum Gasteiger partial charge on any atom is 0.255 e. The van der Waals surface area contributed by atoms with Crippen molar-refractivity contribution in [3.63, 3.8) is 0 Å².